The molecule has 96 valence electrons. The molecule has 4 heteroatoms. The monoisotopic (exact) mass is 252 g/mol. The van der Waals surface area contributed by atoms with Gasteiger partial charge in [-0.15, -0.1) is 0 Å². The third-order valence-electron chi connectivity index (χ3n) is 3.11. The van der Waals surface area contributed by atoms with E-state index in [1.165, 1.54) is 0 Å². The molecule has 0 amide bonds. The fourth-order valence-corrected chi connectivity index (χ4v) is 2.29. The van der Waals surface area contributed by atoms with Gasteiger partial charge in [0.25, 0.3) is 0 Å². The van der Waals surface area contributed by atoms with Crippen molar-refractivity contribution in [3.63, 3.8) is 0 Å². The van der Waals surface area contributed by atoms with Crippen molar-refractivity contribution in [1.29, 1.82) is 0 Å². The minimum Gasteiger partial charge on any atom is -0.346 e. The van der Waals surface area contributed by atoms with Crippen molar-refractivity contribution >= 4 is 11.0 Å². The molecular formula is C15H16N4. The maximum Gasteiger partial charge on any atom is 0.137 e. The van der Waals surface area contributed by atoms with Crippen molar-refractivity contribution in [3.8, 4) is 11.3 Å². The number of pyridine rings is 1. The van der Waals surface area contributed by atoms with Crippen LogP contribution in [0.1, 0.15) is 24.9 Å². The van der Waals surface area contributed by atoms with Crippen molar-refractivity contribution in [3.05, 3.63) is 42.1 Å². The highest BCUT2D eigenvalue weighted by molar-refractivity contribution is 5.91. The molecule has 0 aliphatic heterocycles. The zero-order valence-electron chi connectivity index (χ0n) is 11.1. The average Bonchev–Trinajstić information content (AvgIpc) is 2.86. The Balaban J connectivity index is 2.18. The Labute approximate surface area is 111 Å². The van der Waals surface area contributed by atoms with E-state index < -0.39 is 0 Å². The highest BCUT2D eigenvalue weighted by Crippen LogP contribution is 2.25. The summed E-state index contributed by atoms with van der Waals surface area (Å²) < 4.78 is 0. The normalized spacial score (nSPS) is 11.1. The van der Waals surface area contributed by atoms with Crippen molar-refractivity contribution in [2.75, 3.05) is 0 Å². The molecule has 0 aliphatic rings. The molecule has 0 radical (unpaired) electrons. The van der Waals surface area contributed by atoms with Crippen molar-refractivity contribution in [2.45, 2.75) is 26.7 Å². The highest BCUT2D eigenvalue weighted by Gasteiger charge is 2.09. The van der Waals surface area contributed by atoms with Crippen LogP contribution >= 0.6 is 0 Å². The standard InChI is InChI=1S/C15H16N4/c1-3-4-14-18-10(2)9-13(19-14)11-5-7-16-15-12(11)6-8-17-15/h5-9H,3-4H2,1-2H3,(H,16,17). The number of H-pyrrole nitrogens is 1. The lowest BCUT2D eigenvalue weighted by atomic mass is 10.1. The first-order valence-electron chi connectivity index (χ1n) is 6.55. The molecule has 0 saturated heterocycles. The summed E-state index contributed by atoms with van der Waals surface area (Å²) in [4.78, 5) is 16.6. The van der Waals surface area contributed by atoms with Crippen LogP contribution in [0.3, 0.4) is 0 Å². The molecule has 0 unspecified atom stereocenters. The van der Waals surface area contributed by atoms with E-state index in [-0.39, 0.29) is 0 Å². The smallest absolute Gasteiger partial charge is 0.137 e. The Morgan fingerprint density at radius 2 is 2.11 bits per heavy atom. The number of rotatable bonds is 3. The van der Waals surface area contributed by atoms with E-state index in [2.05, 4.69) is 26.9 Å². The summed E-state index contributed by atoms with van der Waals surface area (Å²) in [7, 11) is 0. The first-order chi connectivity index (χ1) is 9.28. The molecule has 3 aromatic heterocycles. The number of aromatic nitrogens is 4. The Kier molecular flexibility index (Phi) is 2.99. The second kappa shape index (κ2) is 4.80. The predicted octanol–water partition coefficient (Wildman–Crippen LogP) is 3.28. The lowest BCUT2D eigenvalue weighted by molar-refractivity contribution is 0.827. The zero-order valence-corrected chi connectivity index (χ0v) is 11.1. The van der Waals surface area contributed by atoms with Gasteiger partial charge in [0.1, 0.15) is 11.5 Å². The van der Waals surface area contributed by atoms with Crippen molar-refractivity contribution in [1.82, 2.24) is 19.9 Å². The number of nitrogens with zero attached hydrogens (tertiary/aromatic N) is 3. The summed E-state index contributed by atoms with van der Waals surface area (Å²) in [5.74, 6) is 0.915. The fourth-order valence-electron chi connectivity index (χ4n) is 2.29. The van der Waals surface area contributed by atoms with Gasteiger partial charge in [-0.05, 0) is 31.5 Å². The lowest BCUT2D eigenvalue weighted by Crippen LogP contribution is -1.99. The van der Waals surface area contributed by atoms with Crippen LogP contribution in [0, 0.1) is 6.92 Å². The molecule has 0 aliphatic carbocycles. The molecule has 0 spiro atoms. The van der Waals surface area contributed by atoms with Crippen LogP contribution in [-0.4, -0.2) is 19.9 Å². The first-order valence-corrected chi connectivity index (χ1v) is 6.55. The number of nitrogens with one attached hydrogen (secondary N) is 1. The van der Waals surface area contributed by atoms with Crippen LogP contribution in [0.4, 0.5) is 0 Å². The Hall–Kier alpha value is -2.23. The van der Waals surface area contributed by atoms with E-state index in [1.807, 2.05) is 37.5 Å². The van der Waals surface area contributed by atoms with E-state index in [0.29, 0.717) is 0 Å². The summed E-state index contributed by atoms with van der Waals surface area (Å²) in [6.07, 6.45) is 5.68. The molecule has 4 nitrogen and oxygen atoms in total. The molecule has 0 saturated carbocycles. The van der Waals surface area contributed by atoms with E-state index in [9.17, 15) is 0 Å². The van der Waals surface area contributed by atoms with E-state index >= 15 is 0 Å². The summed E-state index contributed by atoms with van der Waals surface area (Å²) in [5, 5.41) is 1.10. The number of hydrogen-bond donors (Lipinski definition) is 1. The van der Waals surface area contributed by atoms with Crippen LogP contribution in [0.25, 0.3) is 22.3 Å². The SMILES string of the molecule is CCCc1nc(C)cc(-c2ccnc3[nH]ccc23)n1. The molecule has 19 heavy (non-hydrogen) atoms. The van der Waals surface area contributed by atoms with Gasteiger partial charge in [0.2, 0.25) is 0 Å². The van der Waals surface area contributed by atoms with Gasteiger partial charge in [0.05, 0.1) is 5.69 Å². The molecule has 1 N–H and O–H groups in total. The molecule has 0 bridgehead atoms. The van der Waals surface area contributed by atoms with E-state index in [4.69, 9.17) is 0 Å². The number of fused-ring (bicyclic) bond motifs is 1. The minimum atomic E-state index is 0.894. The van der Waals surface area contributed by atoms with Gasteiger partial charge in [0, 0.05) is 35.5 Å². The number of aryl methyl sites for hydroxylation is 2. The molecule has 3 aromatic rings. The van der Waals surface area contributed by atoms with Crippen LogP contribution in [0.5, 0.6) is 0 Å². The Bertz CT molecular complexity index is 715. The van der Waals surface area contributed by atoms with Gasteiger partial charge in [-0.25, -0.2) is 15.0 Å². The van der Waals surface area contributed by atoms with Crippen LogP contribution < -0.4 is 0 Å². The summed E-state index contributed by atoms with van der Waals surface area (Å²) in [6, 6.07) is 6.07. The molecule has 3 rings (SSSR count). The highest BCUT2D eigenvalue weighted by atomic mass is 14.9. The van der Waals surface area contributed by atoms with Crippen molar-refractivity contribution in [2.24, 2.45) is 0 Å². The van der Waals surface area contributed by atoms with Gasteiger partial charge in [-0.3, -0.25) is 0 Å². The van der Waals surface area contributed by atoms with Gasteiger partial charge in [-0.2, -0.15) is 0 Å². The van der Waals surface area contributed by atoms with E-state index in [1.54, 1.807) is 0 Å². The molecule has 0 fully saturated rings. The lowest BCUT2D eigenvalue weighted by Gasteiger charge is -2.06. The Morgan fingerprint density at radius 1 is 1.21 bits per heavy atom. The summed E-state index contributed by atoms with van der Waals surface area (Å²) in [6.45, 7) is 4.15. The largest absolute Gasteiger partial charge is 0.346 e. The third kappa shape index (κ3) is 2.21. The first kappa shape index (κ1) is 11.8. The molecule has 3 heterocycles. The predicted molar refractivity (Wildman–Crippen MR) is 75.9 cm³/mol. The second-order valence-electron chi connectivity index (χ2n) is 4.66. The zero-order chi connectivity index (χ0) is 13.2. The van der Waals surface area contributed by atoms with Crippen LogP contribution in [-0.2, 0) is 6.42 Å². The minimum absolute atomic E-state index is 0.894. The topological polar surface area (TPSA) is 54.5 Å². The number of aromatic amines is 1. The third-order valence-corrected chi connectivity index (χ3v) is 3.11. The van der Waals surface area contributed by atoms with Gasteiger partial charge in [0.15, 0.2) is 0 Å². The van der Waals surface area contributed by atoms with Gasteiger partial charge in [-0.1, -0.05) is 6.92 Å². The summed E-state index contributed by atoms with van der Waals surface area (Å²) in [5.41, 5.74) is 3.98. The maximum atomic E-state index is 4.67. The maximum absolute atomic E-state index is 4.67. The van der Waals surface area contributed by atoms with Crippen molar-refractivity contribution < 1.29 is 0 Å². The van der Waals surface area contributed by atoms with Gasteiger partial charge >= 0.3 is 0 Å². The molecular weight excluding hydrogens is 236 g/mol. The average molecular weight is 252 g/mol. The van der Waals surface area contributed by atoms with Gasteiger partial charge < -0.3 is 4.98 Å². The second-order valence-corrected chi connectivity index (χ2v) is 4.66. The van der Waals surface area contributed by atoms with Crippen LogP contribution in [0.2, 0.25) is 0 Å². The molecule has 0 aromatic carbocycles. The quantitative estimate of drug-likeness (QED) is 0.778. The van der Waals surface area contributed by atoms with Crippen LogP contribution in [0.15, 0.2) is 30.6 Å². The Morgan fingerprint density at radius 3 is 2.95 bits per heavy atom. The van der Waals surface area contributed by atoms with E-state index in [0.717, 1.165) is 46.7 Å². The summed E-state index contributed by atoms with van der Waals surface area (Å²) >= 11 is 0. The number of hydrogen-bond acceptors (Lipinski definition) is 3. The fraction of sp³-hybridized carbons (Fsp3) is 0.267. The molecule has 0 atom stereocenters.